The number of carbonyl (C=O) groups excluding carboxylic acids is 2. The number of fused-ring (bicyclic) bond motifs is 3. The summed E-state index contributed by atoms with van der Waals surface area (Å²) in [6.07, 6.45) is -1.02. The summed E-state index contributed by atoms with van der Waals surface area (Å²) in [7, 11) is 0. The van der Waals surface area contributed by atoms with Crippen LogP contribution < -0.4 is 5.32 Å². The third-order valence-electron chi connectivity index (χ3n) is 6.46. The largest absolute Gasteiger partial charge is 0.480 e. The SMILES string of the molecule is CC(CCNC(=O)OCC1c2ccccc2-c2ccccc21)C(=O)N1C[C@@H](O)C[C@H]1C(=O)O. The van der Waals surface area contributed by atoms with Crippen LogP contribution in [0.2, 0.25) is 0 Å². The standard InChI is InChI=1S/C25H28N2O6/c1-15(23(29)27-13-16(28)12-22(27)24(30)31)10-11-26-25(32)33-14-21-19-8-4-2-6-17(19)18-7-3-5-9-20(18)21/h2-9,15-16,21-22,28H,10-14H2,1H3,(H,26,32)(H,30,31)/t15?,16-,22-/m0/s1. The van der Waals surface area contributed by atoms with Crippen molar-refractivity contribution >= 4 is 18.0 Å². The quantitative estimate of drug-likeness (QED) is 0.595. The molecule has 174 valence electrons. The molecule has 1 unspecified atom stereocenters. The van der Waals surface area contributed by atoms with E-state index in [0.717, 1.165) is 22.3 Å². The molecule has 1 aliphatic carbocycles. The summed E-state index contributed by atoms with van der Waals surface area (Å²) in [6, 6.07) is 15.2. The number of β-amino-alcohol motifs (C(OH)–C–C–N with tert-alkyl or cyclic N) is 1. The molecule has 2 aromatic rings. The van der Waals surface area contributed by atoms with Crippen molar-refractivity contribution in [3.63, 3.8) is 0 Å². The van der Waals surface area contributed by atoms with Gasteiger partial charge in [0.1, 0.15) is 12.6 Å². The Morgan fingerprint density at radius 1 is 1.09 bits per heavy atom. The predicted molar refractivity (Wildman–Crippen MR) is 121 cm³/mol. The van der Waals surface area contributed by atoms with Crippen LogP contribution in [0.5, 0.6) is 0 Å². The molecule has 0 aromatic heterocycles. The van der Waals surface area contributed by atoms with Crippen LogP contribution in [0, 0.1) is 5.92 Å². The average molecular weight is 453 g/mol. The zero-order valence-electron chi connectivity index (χ0n) is 18.4. The second-order valence-electron chi connectivity index (χ2n) is 8.68. The number of nitrogens with one attached hydrogen (secondary N) is 1. The maximum atomic E-state index is 12.6. The number of carboxylic acids is 1. The van der Waals surface area contributed by atoms with Gasteiger partial charge in [-0.3, -0.25) is 4.79 Å². The molecule has 0 saturated carbocycles. The maximum absolute atomic E-state index is 12.6. The van der Waals surface area contributed by atoms with E-state index in [-0.39, 0.29) is 37.9 Å². The van der Waals surface area contributed by atoms with Crippen LogP contribution in [0.4, 0.5) is 4.79 Å². The summed E-state index contributed by atoms with van der Waals surface area (Å²) in [5.41, 5.74) is 4.57. The number of aliphatic hydroxyl groups is 1. The van der Waals surface area contributed by atoms with E-state index in [1.807, 2.05) is 36.4 Å². The van der Waals surface area contributed by atoms with Crippen molar-refractivity contribution in [2.75, 3.05) is 19.7 Å². The number of rotatable bonds is 7. The minimum atomic E-state index is -1.12. The van der Waals surface area contributed by atoms with Crippen molar-refractivity contribution in [2.24, 2.45) is 5.92 Å². The van der Waals surface area contributed by atoms with Gasteiger partial charge in [0, 0.05) is 31.3 Å². The number of hydrogen-bond acceptors (Lipinski definition) is 5. The van der Waals surface area contributed by atoms with Crippen molar-refractivity contribution in [2.45, 2.75) is 37.8 Å². The number of nitrogens with zero attached hydrogens (tertiary/aromatic N) is 1. The molecule has 2 aliphatic rings. The molecule has 0 spiro atoms. The number of aliphatic carboxylic acids is 1. The van der Waals surface area contributed by atoms with Gasteiger partial charge < -0.3 is 25.2 Å². The summed E-state index contributed by atoms with van der Waals surface area (Å²) in [5.74, 6) is -1.98. The van der Waals surface area contributed by atoms with Crippen LogP contribution in [-0.4, -0.2) is 64.9 Å². The average Bonchev–Trinajstić information content (AvgIpc) is 3.35. The molecule has 3 N–H and O–H groups in total. The number of carboxylic acid groups (broad SMARTS) is 1. The fraction of sp³-hybridized carbons (Fsp3) is 0.400. The number of aliphatic hydroxyl groups excluding tert-OH is 1. The number of alkyl carbamates (subject to hydrolysis) is 1. The van der Waals surface area contributed by atoms with Gasteiger partial charge in [-0.2, -0.15) is 0 Å². The number of hydrogen-bond donors (Lipinski definition) is 3. The Kier molecular flexibility index (Phi) is 6.65. The Labute approximate surface area is 192 Å². The zero-order chi connectivity index (χ0) is 23.5. The van der Waals surface area contributed by atoms with Crippen molar-refractivity contribution in [1.82, 2.24) is 10.2 Å². The van der Waals surface area contributed by atoms with Crippen LogP contribution >= 0.6 is 0 Å². The molecule has 33 heavy (non-hydrogen) atoms. The molecule has 1 fully saturated rings. The van der Waals surface area contributed by atoms with E-state index in [0.29, 0.717) is 6.42 Å². The van der Waals surface area contributed by atoms with Crippen molar-refractivity contribution in [3.8, 4) is 11.1 Å². The summed E-state index contributed by atoms with van der Waals surface area (Å²) >= 11 is 0. The highest BCUT2D eigenvalue weighted by molar-refractivity contribution is 5.85. The van der Waals surface area contributed by atoms with Crippen molar-refractivity contribution in [3.05, 3.63) is 59.7 Å². The number of benzene rings is 2. The van der Waals surface area contributed by atoms with Gasteiger partial charge in [-0.1, -0.05) is 55.5 Å². The minimum Gasteiger partial charge on any atom is -0.480 e. The second-order valence-corrected chi connectivity index (χ2v) is 8.68. The second kappa shape index (κ2) is 9.62. The lowest BCUT2D eigenvalue weighted by molar-refractivity contribution is -0.149. The van der Waals surface area contributed by atoms with Crippen molar-refractivity contribution < 1.29 is 29.3 Å². The fourth-order valence-corrected chi connectivity index (χ4v) is 4.74. The van der Waals surface area contributed by atoms with Crippen LogP contribution in [0.25, 0.3) is 11.1 Å². The minimum absolute atomic E-state index is 0.0138. The summed E-state index contributed by atoms with van der Waals surface area (Å²) < 4.78 is 5.49. The van der Waals surface area contributed by atoms with Crippen LogP contribution in [0.15, 0.2) is 48.5 Å². The molecule has 4 rings (SSSR count). The molecule has 3 atom stereocenters. The Morgan fingerprint density at radius 3 is 2.30 bits per heavy atom. The van der Waals surface area contributed by atoms with E-state index >= 15 is 0 Å². The summed E-state index contributed by atoms with van der Waals surface area (Å²) in [5, 5.41) is 21.7. The molecule has 0 bridgehead atoms. The van der Waals surface area contributed by atoms with E-state index < -0.39 is 30.1 Å². The first-order chi connectivity index (χ1) is 15.9. The molecule has 8 heteroatoms. The van der Waals surface area contributed by atoms with Gasteiger partial charge in [0.25, 0.3) is 0 Å². The first-order valence-electron chi connectivity index (χ1n) is 11.2. The molecule has 0 radical (unpaired) electrons. The molecule has 1 heterocycles. The van der Waals surface area contributed by atoms with E-state index in [9.17, 15) is 24.6 Å². The van der Waals surface area contributed by atoms with Crippen LogP contribution in [-0.2, 0) is 14.3 Å². The highest BCUT2D eigenvalue weighted by Crippen LogP contribution is 2.44. The Morgan fingerprint density at radius 2 is 1.70 bits per heavy atom. The summed E-state index contributed by atoms with van der Waals surface area (Å²) in [4.78, 5) is 37.5. The normalized spacial score (nSPS) is 20.1. The van der Waals surface area contributed by atoms with Gasteiger partial charge in [0.2, 0.25) is 5.91 Å². The monoisotopic (exact) mass is 452 g/mol. The van der Waals surface area contributed by atoms with Crippen molar-refractivity contribution in [1.29, 1.82) is 0 Å². The predicted octanol–water partition coefficient (Wildman–Crippen LogP) is 2.60. The summed E-state index contributed by atoms with van der Waals surface area (Å²) in [6.45, 7) is 2.13. The first-order valence-corrected chi connectivity index (χ1v) is 11.2. The highest BCUT2D eigenvalue weighted by Gasteiger charge is 2.40. The number of carbonyl (C=O) groups is 3. The first kappa shape index (κ1) is 22.8. The third kappa shape index (κ3) is 4.71. The van der Waals surface area contributed by atoms with Gasteiger partial charge >= 0.3 is 12.1 Å². The molecule has 1 saturated heterocycles. The fourth-order valence-electron chi connectivity index (χ4n) is 4.74. The number of ether oxygens (including phenoxy) is 1. The van der Waals surface area contributed by atoms with Gasteiger partial charge in [-0.05, 0) is 28.7 Å². The number of likely N-dealkylation sites (tertiary alicyclic amines) is 1. The molecular formula is C25H28N2O6. The van der Waals surface area contributed by atoms with Gasteiger partial charge in [0.15, 0.2) is 0 Å². The topological polar surface area (TPSA) is 116 Å². The lowest BCUT2D eigenvalue weighted by atomic mass is 9.98. The van der Waals surface area contributed by atoms with Gasteiger partial charge in [0.05, 0.1) is 6.10 Å². The smallest absolute Gasteiger partial charge is 0.407 e. The third-order valence-corrected chi connectivity index (χ3v) is 6.46. The molecule has 8 nitrogen and oxygen atoms in total. The Balaban J connectivity index is 1.27. The highest BCUT2D eigenvalue weighted by atomic mass is 16.5. The van der Waals surface area contributed by atoms with Gasteiger partial charge in [-0.15, -0.1) is 0 Å². The van der Waals surface area contributed by atoms with Crippen LogP contribution in [0.1, 0.15) is 36.8 Å². The van der Waals surface area contributed by atoms with Gasteiger partial charge in [-0.25, -0.2) is 9.59 Å². The Bertz CT molecular complexity index is 1010. The van der Waals surface area contributed by atoms with E-state index in [1.165, 1.54) is 4.90 Å². The van der Waals surface area contributed by atoms with E-state index in [4.69, 9.17) is 4.74 Å². The maximum Gasteiger partial charge on any atom is 0.407 e. The van der Waals surface area contributed by atoms with E-state index in [1.54, 1.807) is 6.92 Å². The molecule has 2 amide bonds. The molecule has 1 aliphatic heterocycles. The lowest BCUT2D eigenvalue weighted by Gasteiger charge is -2.24. The Hall–Kier alpha value is -3.39. The lowest BCUT2D eigenvalue weighted by Crippen LogP contribution is -2.43. The van der Waals surface area contributed by atoms with E-state index in [2.05, 4.69) is 17.4 Å². The van der Waals surface area contributed by atoms with Crippen LogP contribution in [0.3, 0.4) is 0 Å². The molecular weight excluding hydrogens is 424 g/mol. The zero-order valence-corrected chi connectivity index (χ0v) is 18.4. The number of amides is 2. The molecule has 2 aromatic carbocycles.